The molecule has 4 N–H and O–H groups in total. The predicted octanol–water partition coefficient (Wildman–Crippen LogP) is 2.67. The van der Waals surface area contributed by atoms with E-state index in [1.165, 1.54) is 29.3 Å². The lowest BCUT2D eigenvalue weighted by molar-refractivity contribution is 0.104. The first kappa shape index (κ1) is 12.9. The maximum Gasteiger partial charge on any atom is 0.202 e. The van der Waals surface area contributed by atoms with Crippen molar-refractivity contribution in [2.24, 2.45) is 5.73 Å². The Bertz CT molecular complexity index is 735. The van der Waals surface area contributed by atoms with Crippen molar-refractivity contribution in [1.82, 2.24) is 4.98 Å². The molecule has 7 heteroatoms. The monoisotopic (exact) mass is 302 g/mol. The second-order valence-corrected chi connectivity index (χ2v) is 6.14. The quantitative estimate of drug-likeness (QED) is 0.460. The molecule has 0 atom stereocenters. The number of amidine groups is 1. The van der Waals surface area contributed by atoms with Crippen LogP contribution >= 0.6 is 23.1 Å². The SMILES string of the molecule is N=C(N)c1cnc(NC=C2Sc3ccccc3C2=O)s1. The van der Waals surface area contributed by atoms with Crippen molar-refractivity contribution in [3.05, 3.63) is 52.0 Å². The van der Waals surface area contributed by atoms with Gasteiger partial charge in [-0.15, -0.1) is 0 Å². The lowest BCUT2D eigenvalue weighted by Gasteiger charge is -1.96. The van der Waals surface area contributed by atoms with Gasteiger partial charge in [-0.3, -0.25) is 10.2 Å². The Labute approximate surface area is 123 Å². The number of carbonyl (C=O) groups is 1. The molecule has 20 heavy (non-hydrogen) atoms. The zero-order valence-electron chi connectivity index (χ0n) is 10.2. The fourth-order valence-corrected chi connectivity index (χ4v) is 3.35. The van der Waals surface area contributed by atoms with Gasteiger partial charge in [-0.2, -0.15) is 0 Å². The number of nitrogens with one attached hydrogen (secondary N) is 2. The van der Waals surface area contributed by atoms with E-state index < -0.39 is 0 Å². The number of fused-ring (bicyclic) bond motifs is 1. The third-order valence-corrected chi connectivity index (χ3v) is 4.73. The average molecular weight is 302 g/mol. The molecule has 1 aliphatic rings. The fourth-order valence-electron chi connectivity index (χ4n) is 1.73. The number of nitrogens with zero attached hydrogens (tertiary/aromatic N) is 1. The van der Waals surface area contributed by atoms with E-state index in [0.29, 0.717) is 14.9 Å². The van der Waals surface area contributed by atoms with E-state index in [9.17, 15) is 4.79 Å². The van der Waals surface area contributed by atoms with Gasteiger partial charge in [0.15, 0.2) is 5.13 Å². The smallest absolute Gasteiger partial charge is 0.202 e. The first-order valence-corrected chi connectivity index (χ1v) is 7.37. The van der Waals surface area contributed by atoms with E-state index in [1.807, 2.05) is 24.3 Å². The van der Waals surface area contributed by atoms with Crippen molar-refractivity contribution in [1.29, 1.82) is 5.41 Å². The Balaban J connectivity index is 1.78. The van der Waals surface area contributed by atoms with Crippen molar-refractivity contribution >= 4 is 39.8 Å². The summed E-state index contributed by atoms with van der Waals surface area (Å²) < 4.78 is 0. The van der Waals surface area contributed by atoms with Gasteiger partial charge >= 0.3 is 0 Å². The van der Waals surface area contributed by atoms with Crippen LogP contribution in [0.5, 0.6) is 0 Å². The number of aromatic nitrogens is 1. The van der Waals surface area contributed by atoms with Gasteiger partial charge in [-0.1, -0.05) is 35.2 Å². The molecule has 0 aliphatic carbocycles. The molecule has 0 fully saturated rings. The summed E-state index contributed by atoms with van der Waals surface area (Å²) in [6.45, 7) is 0. The van der Waals surface area contributed by atoms with Crippen LogP contribution in [-0.2, 0) is 0 Å². The second-order valence-electron chi connectivity index (χ2n) is 4.02. The van der Waals surface area contributed by atoms with Crippen LogP contribution < -0.4 is 11.1 Å². The maximum atomic E-state index is 12.1. The molecule has 0 bridgehead atoms. The highest BCUT2D eigenvalue weighted by molar-refractivity contribution is 8.04. The summed E-state index contributed by atoms with van der Waals surface area (Å²) in [6.07, 6.45) is 3.18. The molecule has 100 valence electrons. The summed E-state index contributed by atoms with van der Waals surface area (Å²) in [5, 5.41) is 10.9. The minimum Gasteiger partial charge on any atom is -0.383 e. The molecule has 3 rings (SSSR count). The number of allylic oxidation sites excluding steroid dienone is 1. The molecule has 1 aromatic heterocycles. The molecule has 0 radical (unpaired) electrons. The van der Waals surface area contributed by atoms with Gasteiger partial charge in [0, 0.05) is 16.7 Å². The van der Waals surface area contributed by atoms with Crippen molar-refractivity contribution < 1.29 is 4.79 Å². The van der Waals surface area contributed by atoms with E-state index in [-0.39, 0.29) is 11.6 Å². The number of hydrogen-bond acceptors (Lipinski definition) is 6. The molecule has 0 saturated heterocycles. The van der Waals surface area contributed by atoms with E-state index >= 15 is 0 Å². The predicted molar refractivity (Wildman–Crippen MR) is 81.5 cm³/mol. The van der Waals surface area contributed by atoms with Crippen LogP contribution in [0.1, 0.15) is 15.2 Å². The van der Waals surface area contributed by atoms with Gasteiger partial charge in [0.1, 0.15) is 5.84 Å². The molecule has 1 aliphatic heterocycles. The van der Waals surface area contributed by atoms with Crippen LogP contribution in [-0.4, -0.2) is 16.6 Å². The summed E-state index contributed by atoms with van der Waals surface area (Å²) >= 11 is 2.71. The third kappa shape index (κ3) is 2.33. The number of thiazole rings is 1. The Morgan fingerprint density at radius 3 is 2.90 bits per heavy atom. The highest BCUT2D eigenvalue weighted by Crippen LogP contribution is 2.39. The summed E-state index contributed by atoms with van der Waals surface area (Å²) in [5.41, 5.74) is 6.11. The molecule has 1 aromatic carbocycles. The van der Waals surface area contributed by atoms with Crippen LogP contribution in [0.15, 0.2) is 46.5 Å². The number of nitrogens with two attached hydrogens (primary N) is 1. The normalized spacial score (nSPS) is 15.4. The molecule has 5 nitrogen and oxygen atoms in total. The van der Waals surface area contributed by atoms with Gasteiger partial charge in [0.2, 0.25) is 5.78 Å². The van der Waals surface area contributed by atoms with Crippen LogP contribution in [0.25, 0.3) is 0 Å². The Morgan fingerprint density at radius 2 is 2.20 bits per heavy atom. The number of thioether (sulfide) groups is 1. The third-order valence-electron chi connectivity index (χ3n) is 2.67. The highest BCUT2D eigenvalue weighted by Gasteiger charge is 2.25. The number of Topliss-reactive ketones (excluding diaryl/α,β-unsaturated/α-hetero) is 1. The number of anilines is 1. The molecule has 2 heterocycles. The molecular formula is C13H10N4OS2. The van der Waals surface area contributed by atoms with E-state index in [4.69, 9.17) is 11.1 Å². The largest absolute Gasteiger partial charge is 0.383 e. The number of rotatable bonds is 3. The van der Waals surface area contributed by atoms with Gasteiger partial charge < -0.3 is 11.1 Å². The van der Waals surface area contributed by atoms with Crippen molar-refractivity contribution in [3.63, 3.8) is 0 Å². The maximum absolute atomic E-state index is 12.1. The lowest BCUT2D eigenvalue weighted by Crippen LogP contribution is -2.08. The van der Waals surface area contributed by atoms with Gasteiger partial charge in [0.25, 0.3) is 0 Å². The summed E-state index contributed by atoms with van der Waals surface area (Å²) in [6, 6.07) is 7.52. The summed E-state index contributed by atoms with van der Waals surface area (Å²) in [4.78, 5) is 18.4. The molecule has 2 aromatic rings. The van der Waals surface area contributed by atoms with Crippen molar-refractivity contribution in [3.8, 4) is 0 Å². The molecule has 0 amide bonds. The van der Waals surface area contributed by atoms with Crippen LogP contribution in [0.4, 0.5) is 5.13 Å². The van der Waals surface area contributed by atoms with E-state index in [1.54, 1.807) is 6.20 Å². The minimum atomic E-state index is -0.0121. The van der Waals surface area contributed by atoms with E-state index in [0.717, 1.165) is 10.5 Å². The van der Waals surface area contributed by atoms with E-state index in [2.05, 4.69) is 10.3 Å². The molecule has 0 spiro atoms. The molecule has 0 saturated carbocycles. The Morgan fingerprint density at radius 1 is 1.40 bits per heavy atom. The fraction of sp³-hybridized carbons (Fsp3) is 0. The lowest BCUT2D eigenvalue weighted by atomic mass is 10.1. The number of ketones is 1. The number of hydrogen-bond donors (Lipinski definition) is 3. The Kier molecular flexibility index (Phi) is 3.29. The zero-order valence-corrected chi connectivity index (χ0v) is 11.8. The first-order valence-electron chi connectivity index (χ1n) is 5.73. The van der Waals surface area contributed by atoms with Gasteiger partial charge in [0.05, 0.1) is 16.0 Å². The van der Waals surface area contributed by atoms with Crippen molar-refractivity contribution in [2.75, 3.05) is 5.32 Å². The summed E-state index contributed by atoms with van der Waals surface area (Å²) in [7, 11) is 0. The average Bonchev–Trinajstić information content (AvgIpc) is 3.03. The van der Waals surface area contributed by atoms with Gasteiger partial charge in [-0.25, -0.2) is 4.98 Å². The first-order chi connectivity index (χ1) is 9.65. The molecular weight excluding hydrogens is 292 g/mol. The minimum absolute atomic E-state index is 0.0121. The summed E-state index contributed by atoms with van der Waals surface area (Å²) in [5.74, 6) is 0.00312. The number of benzene rings is 1. The van der Waals surface area contributed by atoms with Gasteiger partial charge in [-0.05, 0) is 12.1 Å². The van der Waals surface area contributed by atoms with Crippen LogP contribution in [0.2, 0.25) is 0 Å². The standard InChI is InChI=1S/C13H10N4OS2/c14-12(15)10-6-17-13(20-10)16-5-9-11(18)7-3-1-2-4-8(7)19-9/h1-6H,(H3,14,15)(H,16,17). The zero-order chi connectivity index (χ0) is 14.1. The molecule has 0 unspecified atom stereocenters. The Hall–Kier alpha value is -2.12. The van der Waals surface area contributed by atoms with Crippen LogP contribution in [0, 0.1) is 5.41 Å². The highest BCUT2D eigenvalue weighted by atomic mass is 32.2. The van der Waals surface area contributed by atoms with Crippen LogP contribution in [0.3, 0.4) is 0 Å². The number of nitrogen functional groups attached to an aromatic ring is 1. The van der Waals surface area contributed by atoms with Crippen molar-refractivity contribution in [2.45, 2.75) is 4.90 Å². The topological polar surface area (TPSA) is 91.9 Å². The number of carbonyl (C=O) groups excluding carboxylic acids is 1. The second kappa shape index (κ2) is 5.10.